The van der Waals surface area contributed by atoms with Gasteiger partial charge in [-0.2, -0.15) is 0 Å². The number of rotatable bonds is 3. The van der Waals surface area contributed by atoms with E-state index in [1.165, 1.54) is 0 Å². The molecule has 1 heterocycles. The molecule has 0 spiro atoms. The molecule has 0 bridgehead atoms. The highest BCUT2D eigenvalue weighted by molar-refractivity contribution is 6.27. The summed E-state index contributed by atoms with van der Waals surface area (Å²) in [6, 6.07) is 9.95. The molecule has 0 unspecified atom stereocenters. The molecule has 0 aliphatic carbocycles. The minimum atomic E-state index is -0.761. The van der Waals surface area contributed by atoms with Crippen molar-refractivity contribution in [3.05, 3.63) is 157 Å². The normalized spacial score (nSPS) is 16.6. The van der Waals surface area contributed by atoms with Gasteiger partial charge in [0.1, 0.15) is 11.2 Å². The summed E-state index contributed by atoms with van der Waals surface area (Å²) in [6.45, 7) is 0. The Bertz CT molecular complexity index is 3250. The number of furan rings is 1. The highest BCUT2D eigenvalue weighted by Crippen LogP contribution is 2.48. The lowest BCUT2D eigenvalue weighted by atomic mass is 9.84. The zero-order valence-corrected chi connectivity index (χ0v) is 22.3. The molecule has 1 aromatic heterocycles. The number of hydrogen-bond acceptors (Lipinski definition) is 1. The Morgan fingerprint density at radius 3 is 1.77 bits per heavy atom. The van der Waals surface area contributed by atoms with Crippen molar-refractivity contribution >= 4 is 54.3 Å². The molecule has 0 atom stereocenters. The van der Waals surface area contributed by atoms with E-state index < -0.39 is 107 Å². The summed E-state index contributed by atoms with van der Waals surface area (Å²) in [6.07, 6.45) is 0. The van der Waals surface area contributed by atoms with Crippen molar-refractivity contribution < 1.29 is 25.0 Å². The van der Waals surface area contributed by atoms with Crippen LogP contribution in [0.15, 0.2) is 162 Å². The van der Waals surface area contributed by atoms with E-state index >= 15 is 0 Å². The van der Waals surface area contributed by atoms with Crippen LogP contribution in [-0.4, -0.2) is 0 Å². The summed E-state index contributed by atoms with van der Waals surface area (Å²) in [4.78, 5) is 0. The lowest BCUT2D eigenvalue weighted by molar-refractivity contribution is 0.669. The first kappa shape index (κ1) is 13.5. The summed E-state index contributed by atoms with van der Waals surface area (Å²) < 4.78 is 141. The van der Waals surface area contributed by atoms with Crippen molar-refractivity contribution in [2.24, 2.45) is 0 Å². The maximum Gasteiger partial charge on any atom is 0.136 e. The topological polar surface area (TPSA) is 13.1 Å². The lowest BCUT2D eigenvalue weighted by Gasteiger charge is -2.19. The number of hydrogen-bond donors (Lipinski definition) is 0. The Morgan fingerprint density at radius 1 is 0.419 bits per heavy atom. The molecule has 9 aromatic rings. The predicted molar refractivity (Wildman–Crippen MR) is 183 cm³/mol. The van der Waals surface area contributed by atoms with Gasteiger partial charge >= 0.3 is 0 Å². The SMILES string of the molecule is [2H]c1c([2H])c([2H])c2c(-c3c4c([2H])c([2H])c([2H])c([2H])c4c(-c4cccc5oc6ccc(-c7ccccc7)cc6c45)c4c([2H])c([2H])c([2H])c([2H])c34)c([2H])c([2H])c([2H])c2c1[2H]. The molecule has 8 aromatic carbocycles. The minimum Gasteiger partial charge on any atom is -0.456 e. The fourth-order valence-corrected chi connectivity index (χ4v) is 5.99. The average Bonchev–Trinajstić information content (AvgIpc) is 3.61. The predicted octanol–water partition coefficient (Wildman–Crippen LogP) is 12.0. The van der Waals surface area contributed by atoms with Crippen LogP contribution >= 0.6 is 0 Å². The van der Waals surface area contributed by atoms with Gasteiger partial charge in [-0.25, -0.2) is 0 Å². The molecule has 0 N–H and O–H groups in total. The smallest absolute Gasteiger partial charge is 0.136 e. The van der Waals surface area contributed by atoms with Crippen LogP contribution in [0.4, 0.5) is 0 Å². The van der Waals surface area contributed by atoms with Crippen LogP contribution in [0.5, 0.6) is 0 Å². The van der Waals surface area contributed by atoms with Gasteiger partial charge in [0.05, 0.1) is 20.6 Å². The van der Waals surface area contributed by atoms with E-state index in [0.29, 0.717) is 27.5 Å². The number of fused-ring (bicyclic) bond motifs is 6. The first-order chi connectivity index (χ1) is 27.6. The Labute approximate surface area is 270 Å². The van der Waals surface area contributed by atoms with Crippen LogP contribution in [0.2, 0.25) is 0 Å². The first-order valence-corrected chi connectivity index (χ1v) is 13.6. The molecule has 1 nitrogen and oxygen atoms in total. The fourth-order valence-electron chi connectivity index (χ4n) is 5.99. The molecule has 0 saturated heterocycles. The molecule has 0 aliphatic rings. The maximum atomic E-state index is 9.44. The van der Waals surface area contributed by atoms with Gasteiger partial charge in [0, 0.05) is 10.8 Å². The molecule has 43 heavy (non-hydrogen) atoms. The van der Waals surface area contributed by atoms with E-state index in [2.05, 4.69) is 0 Å². The monoisotopic (exact) mass is 561 g/mol. The Kier molecular flexibility index (Phi) is 2.97. The molecule has 0 aliphatic heterocycles. The third-order valence-electron chi connectivity index (χ3n) is 7.81. The van der Waals surface area contributed by atoms with E-state index in [4.69, 9.17) is 18.1 Å². The first-order valence-electron chi connectivity index (χ1n) is 21.1. The summed E-state index contributed by atoms with van der Waals surface area (Å²) in [5, 5.41) is -0.775. The Hall–Kier alpha value is -5.66. The second-order valence-corrected chi connectivity index (χ2v) is 10.1. The van der Waals surface area contributed by atoms with Gasteiger partial charge in [-0.3, -0.25) is 0 Å². The summed E-state index contributed by atoms with van der Waals surface area (Å²) >= 11 is 0. The van der Waals surface area contributed by atoms with Crippen molar-refractivity contribution in [3.8, 4) is 33.4 Å². The van der Waals surface area contributed by atoms with Crippen LogP contribution in [-0.2, 0) is 0 Å². The highest BCUT2D eigenvalue weighted by Gasteiger charge is 2.21. The molecule has 0 radical (unpaired) electrons. The zero-order chi connectivity index (χ0) is 41.4. The summed E-state index contributed by atoms with van der Waals surface area (Å²) in [5.41, 5.74) is 2.10. The van der Waals surface area contributed by atoms with Crippen LogP contribution in [0.1, 0.15) is 20.6 Å². The summed E-state index contributed by atoms with van der Waals surface area (Å²) in [7, 11) is 0. The van der Waals surface area contributed by atoms with E-state index in [-0.39, 0.29) is 32.7 Å². The van der Waals surface area contributed by atoms with Crippen molar-refractivity contribution in [2.45, 2.75) is 0 Å². The largest absolute Gasteiger partial charge is 0.456 e. The Balaban J connectivity index is 1.61. The van der Waals surface area contributed by atoms with Crippen molar-refractivity contribution in [1.82, 2.24) is 0 Å². The van der Waals surface area contributed by atoms with Crippen LogP contribution in [0.25, 0.3) is 87.6 Å². The van der Waals surface area contributed by atoms with E-state index in [1.807, 2.05) is 42.5 Å². The van der Waals surface area contributed by atoms with Crippen LogP contribution < -0.4 is 0 Å². The Morgan fingerprint density at radius 2 is 1.05 bits per heavy atom. The van der Waals surface area contributed by atoms with Gasteiger partial charge in [0.2, 0.25) is 0 Å². The van der Waals surface area contributed by atoms with Crippen molar-refractivity contribution in [3.63, 3.8) is 0 Å². The second kappa shape index (κ2) is 9.44. The molecular formula is C42H26O. The number of benzene rings is 8. The van der Waals surface area contributed by atoms with Gasteiger partial charge in [0.15, 0.2) is 0 Å². The molecule has 9 rings (SSSR count). The molecular weight excluding hydrogens is 520 g/mol. The van der Waals surface area contributed by atoms with E-state index in [0.717, 1.165) is 11.1 Å². The van der Waals surface area contributed by atoms with Gasteiger partial charge in [-0.1, -0.05) is 139 Å². The standard InChI is InChI=1S/C42H26O/c1-2-12-27(13-3-1)29-24-25-38-37(26-29)42-36(22-11-23-39(42)43-38)41-34-19-8-6-17-32(34)40(33-18-7-9-20-35(33)41)31-21-10-15-28-14-4-5-16-30(28)31/h1-26H/i4D,5D,6D,7D,8D,9D,10D,14D,15D,16D,17D,18D,19D,20D,21D. The van der Waals surface area contributed by atoms with Crippen molar-refractivity contribution in [1.29, 1.82) is 0 Å². The van der Waals surface area contributed by atoms with Crippen LogP contribution in [0, 0.1) is 0 Å². The molecule has 1 heteroatoms. The summed E-state index contributed by atoms with van der Waals surface area (Å²) in [5.74, 6) is 0. The zero-order valence-electron chi connectivity index (χ0n) is 37.3. The maximum absolute atomic E-state index is 9.44. The highest BCUT2D eigenvalue weighted by atomic mass is 16.3. The third-order valence-corrected chi connectivity index (χ3v) is 7.81. The molecule has 0 saturated carbocycles. The van der Waals surface area contributed by atoms with Crippen LogP contribution in [0.3, 0.4) is 0 Å². The van der Waals surface area contributed by atoms with Gasteiger partial charge < -0.3 is 4.42 Å². The molecule has 0 fully saturated rings. The minimum absolute atomic E-state index is 0.00658. The lowest BCUT2D eigenvalue weighted by Crippen LogP contribution is -1.92. The van der Waals surface area contributed by atoms with Crippen molar-refractivity contribution in [2.75, 3.05) is 0 Å². The van der Waals surface area contributed by atoms with E-state index in [1.54, 1.807) is 24.3 Å². The molecule has 0 amide bonds. The second-order valence-electron chi connectivity index (χ2n) is 10.1. The fraction of sp³-hybridized carbons (Fsp3) is 0. The average molecular weight is 562 g/mol. The van der Waals surface area contributed by atoms with Gasteiger partial charge in [-0.15, -0.1) is 0 Å². The molecule has 200 valence electrons. The van der Waals surface area contributed by atoms with Gasteiger partial charge in [0.25, 0.3) is 0 Å². The van der Waals surface area contributed by atoms with Gasteiger partial charge in [-0.05, 0) is 83.9 Å². The quantitative estimate of drug-likeness (QED) is 0.196. The third kappa shape index (κ3) is 3.65. The van der Waals surface area contributed by atoms with E-state index in [9.17, 15) is 6.85 Å².